The summed E-state index contributed by atoms with van der Waals surface area (Å²) in [6, 6.07) is 2.11. The molecule has 1 aliphatic heterocycles. The molecule has 8 heteroatoms. The molecule has 0 aromatic heterocycles. The van der Waals surface area contributed by atoms with Gasteiger partial charge in [-0.2, -0.15) is 4.31 Å². The van der Waals surface area contributed by atoms with Crippen molar-refractivity contribution in [2.75, 3.05) is 13.7 Å². The fourth-order valence-corrected chi connectivity index (χ4v) is 4.51. The van der Waals surface area contributed by atoms with Crippen molar-refractivity contribution < 1.29 is 17.5 Å². The molecule has 2 atom stereocenters. The normalized spacial score (nSPS) is 23.0. The van der Waals surface area contributed by atoms with Crippen LogP contribution in [0, 0.1) is 5.82 Å². The lowest BCUT2D eigenvalue weighted by Gasteiger charge is -2.26. The Labute approximate surface area is 133 Å². The quantitative estimate of drug-likeness (QED) is 0.780. The smallest absolute Gasteiger partial charge is 0.246 e. The maximum atomic E-state index is 14.3. The fourth-order valence-electron chi connectivity index (χ4n) is 2.43. The molecule has 4 nitrogen and oxygen atoms in total. The second kappa shape index (κ2) is 6.38. The highest BCUT2D eigenvalue weighted by Crippen LogP contribution is 2.30. The Bertz CT molecular complexity index is 639. The number of likely N-dealkylation sites (N-methyl/N-ethyl adjacent to an activating group) is 1. The third kappa shape index (κ3) is 3.19. The molecule has 1 aromatic carbocycles. The minimum absolute atomic E-state index is 0.0619. The molecule has 0 amide bonds. The van der Waals surface area contributed by atoms with Gasteiger partial charge in [-0.05, 0) is 25.5 Å². The summed E-state index contributed by atoms with van der Waals surface area (Å²) < 4.78 is 46.1. The number of benzene rings is 1. The van der Waals surface area contributed by atoms with E-state index in [-0.39, 0.29) is 28.6 Å². The van der Waals surface area contributed by atoms with Gasteiger partial charge in [0.05, 0.1) is 18.0 Å². The number of halogens is 3. The van der Waals surface area contributed by atoms with Crippen LogP contribution in [0.25, 0.3) is 0 Å². The van der Waals surface area contributed by atoms with E-state index < -0.39 is 20.7 Å². The first-order chi connectivity index (χ1) is 9.78. The van der Waals surface area contributed by atoms with E-state index in [0.29, 0.717) is 13.0 Å². The Balaban J connectivity index is 2.46. The minimum Gasteiger partial charge on any atom is -0.377 e. The van der Waals surface area contributed by atoms with Gasteiger partial charge in [0.15, 0.2) is 0 Å². The second-order valence-corrected chi connectivity index (χ2v) is 7.63. The fraction of sp³-hybridized carbons (Fsp3) is 0.538. The van der Waals surface area contributed by atoms with Crippen LogP contribution < -0.4 is 0 Å². The molecule has 0 radical (unpaired) electrons. The average molecular weight is 356 g/mol. The van der Waals surface area contributed by atoms with Crippen LogP contribution >= 0.6 is 23.2 Å². The highest BCUT2D eigenvalue weighted by molar-refractivity contribution is 7.89. The Morgan fingerprint density at radius 3 is 2.67 bits per heavy atom. The molecule has 0 bridgehead atoms. The third-order valence-electron chi connectivity index (χ3n) is 3.68. The molecule has 1 heterocycles. The van der Waals surface area contributed by atoms with Gasteiger partial charge < -0.3 is 4.74 Å². The van der Waals surface area contributed by atoms with Crippen LogP contribution in [0.3, 0.4) is 0 Å². The summed E-state index contributed by atoms with van der Waals surface area (Å²) in [5, 5.41) is 0.134. The monoisotopic (exact) mass is 355 g/mol. The van der Waals surface area contributed by atoms with Crippen LogP contribution in [0.5, 0.6) is 0 Å². The van der Waals surface area contributed by atoms with Crippen molar-refractivity contribution in [3.63, 3.8) is 0 Å². The lowest BCUT2D eigenvalue weighted by Crippen LogP contribution is -2.41. The molecule has 1 fully saturated rings. The highest BCUT2D eigenvalue weighted by Gasteiger charge is 2.37. The SMILES string of the molecule is CC1OCCC1N(C)S(=O)(=O)c1cc(Cl)cc(CCl)c1F. The van der Waals surface area contributed by atoms with E-state index in [1.54, 1.807) is 6.92 Å². The zero-order chi connectivity index (χ0) is 15.8. The maximum absolute atomic E-state index is 14.3. The third-order valence-corrected chi connectivity index (χ3v) is 6.07. The molecule has 118 valence electrons. The van der Waals surface area contributed by atoms with Crippen molar-refractivity contribution in [2.24, 2.45) is 0 Å². The molecule has 1 aromatic rings. The number of ether oxygens (including phenoxy) is 1. The molecule has 2 rings (SSSR count). The molecular formula is C13H16Cl2FNO3S. The van der Waals surface area contributed by atoms with Gasteiger partial charge in [-0.3, -0.25) is 0 Å². The van der Waals surface area contributed by atoms with Crippen molar-refractivity contribution in [2.45, 2.75) is 36.3 Å². The predicted octanol–water partition coefficient (Wildman–Crippen LogP) is 3.02. The number of nitrogens with zero attached hydrogens (tertiary/aromatic N) is 1. The number of sulfonamides is 1. The van der Waals surface area contributed by atoms with Gasteiger partial charge in [0.1, 0.15) is 10.7 Å². The van der Waals surface area contributed by atoms with E-state index in [1.807, 2.05) is 0 Å². The first kappa shape index (κ1) is 17.0. The van der Waals surface area contributed by atoms with E-state index in [4.69, 9.17) is 27.9 Å². The van der Waals surface area contributed by atoms with Gasteiger partial charge in [-0.1, -0.05) is 11.6 Å². The number of rotatable bonds is 4. The summed E-state index contributed by atoms with van der Waals surface area (Å²) in [4.78, 5) is -0.452. The molecule has 0 spiro atoms. The lowest BCUT2D eigenvalue weighted by atomic mass is 10.2. The minimum atomic E-state index is -4.01. The standard InChI is InChI=1S/C13H16Cl2FNO3S/c1-8-11(3-4-20-8)17(2)21(18,19)12-6-10(15)5-9(7-14)13(12)16/h5-6,8,11H,3-4,7H2,1-2H3. The number of alkyl halides is 1. The Kier molecular flexibility index (Phi) is 5.15. The highest BCUT2D eigenvalue weighted by atomic mass is 35.5. The van der Waals surface area contributed by atoms with Crippen molar-refractivity contribution in [1.82, 2.24) is 4.31 Å². The Morgan fingerprint density at radius 2 is 2.14 bits per heavy atom. The van der Waals surface area contributed by atoms with E-state index in [9.17, 15) is 12.8 Å². The molecular weight excluding hydrogens is 340 g/mol. The van der Waals surface area contributed by atoms with Crippen LogP contribution in [0.15, 0.2) is 17.0 Å². The van der Waals surface area contributed by atoms with Crippen LogP contribution in [-0.2, 0) is 20.6 Å². The number of hydrogen-bond donors (Lipinski definition) is 0. The molecule has 1 aliphatic rings. The molecule has 2 unspecified atom stereocenters. The summed E-state index contributed by atoms with van der Waals surface area (Å²) in [6.07, 6.45) is 0.334. The van der Waals surface area contributed by atoms with Crippen LogP contribution in [0.1, 0.15) is 18.9 Å². The van der Waals surface area contributed by atoms with E-state index in [1.165, 1.54) is 13.1 Å². The lowest BCUT2D eigenvalue weighted by molar-refractivity contribution is 0.102. The average Bonchev–Trinajstić information content (AvgIpc) is 2.85. The predicted molar refractivity (Wildman–Crippen MR) is 79.7 cm³/mol. The summed E-state index contributed by atoms with van der Waals surface area (Å²) in [5.74, 6) is -1.01. The largest absolute Gasteiger partial charge is 0.377 e. The van der Waals surface area contributed by atoms with Gasteiger partial charge in [-0.25, -0.2) is 12.8 Å². The molecule has 0 saturated carbocycles. The zero-order valence-corrected chi connectivity index (χ0v) is 14.0. The first-order valence-electron chi connectivity index (χ1n) is 6.42. The van der Waals surface area contributed by atoms with E-state index in [0.717, 1.165) is 10.4 Å². The molecule has 0 aliphatic carbocycles. The Hall–Kier alpha value is -0.400. The van der Waals surface area contributed by atoms with Crippen LogP contribution in [-0.4, -0.2) is 38.5 Å². The topological polar surface area (TPSA) is 46.6 Å². The van der Waals surface area contributed by atoms with Crippen molar-refractivity contribution in [3.05, 3.63) is 28.5 Å². The van der Waals surface area contributed by atoms with Crippen LogP contribution in [0.2, 0.25) is 5.02 Å². The Morgan fingerprint density at radius 1 is 1.48 bits per heavy atom. The van der Waals surface area contributed by atoms with E-state index >= 15 is 0 Å². The zero-order valence-electron chi connectivity index (χ0n) is 11.6. The van der Waals surface area contributed by atoms with Gasteiger partial charge in [0.25, 0.3) is 0 Å². The molecule has 0 N–H and O–H groups in total. The van der Waals surface area contributed by atoms with Crippen molar-refractivity contribution >= 4 is 33.2 Å². The van der Waals surface area contributed by atoms with E-state index in [2.05, 4.69) is 0 Å². The maximum Gasteiger partial charge on any atom is 0.246 e. The van der Waals surface area contributed by atoms with Crippen LogP contribution in [0.4, 0.5) is 4.39 Å². The van der Waals surface area contributed by atoms with Crippen molar-refractivity contribution in [1.29, 1.82) is 0 Å². The summed E-state index contributed by atoms with van der Waals surface area (Å²) in [5.41, 5.74) is 0.0619. The molecule has 1 saturated heterocycles. The summed E-state index contributed by atoms with van der Waals surface area (Å²) in [6.45, 7) is 2.28. The summed E-state index contributed by atoms with van der Waals surface area (Å²) >= 11 is 11.5. The van der Waals surface area contributed by atoms with Gasteiger partial charge in [0.2, 0.25) is 10.0 Å². The van der Waals surface area contributed by atoms with Crippen molar-refractivity contribution in [3.8, 4) is 0 Å². The van der Waals surface area contributed by atoms with Gasteiger partial charge >= 0.3 is 0 Å². The molecule has 21 heavy (non-hydrogen) atoms. The van der Waals surface area contributed by atoms with Gasteiger partial charge in [-0.15, -0.1) is 11.6 Å². The number of hydrogen-bond acceptors (Lipinski definition) is 3. The second-order valence-electron chi connectivity index (χ2n) is 4.96. The summed E-state index contributed by atoms with van der Waals surface area (Å²) in [7, 11) is -2.58. The first-order valence-corrected chi connectivity index (χ1v) is 8.77. The van der Waals surface area contributed by atoms with Gasteiger partial charge in [0, 0.05) is 24.2 Å².